The normalized spacial score (nSPS) is 10.1. The van der Waals surface area contributed by atoms with Crippen molar-refractivity contribution in [2.24, 2.45) is 5.73 Å². The van der Waals surface area contributed by atoms with E-state index >= 15 is 0 Å². The minimum atomic E-state index is -0.179. The highest BCUT2D eigenvalue weighted by Crippen LogP contribution is 2.02. The molecular formula is C11H19NO4. The molecule has 0 saturated carbocycles. The molecule has 0 amide bonds. The SMILES string of the molecule is NCCC(=O)CCC(=O)CCC(=O)CCO. The van der Waals surface area contributed by atoms with E-state index in [0.717, 1.165) is 0 Å². The minimum Gasteiger partial charge on any atom is -0.396 e. The first-order valence-corrected chi connectivity index (χ1v) is 5.46. The van der Waals surface area contributed by atoms with Gasteiger partial charge in [-0.2, -0.15) is 0 Å². The molecule has 0 heterocycles. The van der Waals surface area contributed by atoms with E-state index in [-0.39, 0.29) is 56.1 Å². The highest BCUT2D eigenvalue weighted by atomic mass is 16.3. The van der Waals surface area contributed by atoms with Gasteiger partial charge in [0.25, 0.3) is 0 Å². The summed E-state index contributed by atoms with van der Waals surface area (Å²) in [4.78, 5) is 33.3. The first-order chi connectivity index (χ1) is 7.60. The summed E-state index contributed by atoms with van der Waals surface area (Å²) in [7, 11) is 0. The Morgan fingerprint density at radius 3 is 1.50 bits per heavy atom. The molecule has 92 valence electrons. The van der Waals surface area contributed by atoms with Gasteiger partial charge in [-0.1, -0.05) is 0 Å². The zero-order valence-electron chi connectivity index (χ0n) is 9.41. The molecule has 0 aromatic carbocycles. The average molecular weight is 229 g/mol. The number of carbonyl (C=O) groups excluding carboxylic acids is 3. The molecular weight excluding hydrogens is 210 g/mol. The van der Waals surface area contributed by atoms with Gasteiger partial charge in [-0.15, -0.1) is 0 Å². The predicted octanol–water partition coefficient (Wildman–Crippen LogP) is -0.0147. The van der Waals surface area contributed by atoms with Crippen LogP contribution >= 0.6 is 0 Å². The fourth-order valence-corrected chi connectivity index (χ4v) is 1.22. The van der Waals surface area contributed by atoms with Crippen LogP contribution in [0.4, 0.5) is 0 Å². The maximum atomic E-state index is 11.3. The summed E-state index contributed by atoms with van der Waals surface area (Å²) in [5.74, 6) is -0.224. The summed E-state index contributed by atoms with van der Waals surface area (Å²) in [6, 6.07) is 0. The molecule has 0 aromatic heterocycles. The molecule has 0 fully saturated rings. The van der Waals surface area contributed by atoms with Gasteiger partial charge in [0.15, 0.2) is 0 Å². The van der Waals surface area contributed by atoms with Crippen LogP contribution in [-0.4, -0.2) is 35.6 Å². The van der Waals surface area contributed by atoms with Crippen LogP contribution in [-0.2, 0) is 14.4 Å². The maximum absolute atomic E-state index is 11.3. The van der Waals surface area contributed by atoms with E-state index in [1.54, 1.807) is 0 Å². The Labute approximate surface area is 95.0 Å². The molecule has 0 unspecified atom stereocenters. The summed E-state index contributed by atoms with van der Waals surface area (Å²) in [6.07, 6.45) is 1.12. The number of carbonyl (C=O) groups is 3. The van der Waals surface area contributed by atoms with E-state index in [1.807, 2.05) is 0 Å². The number of aliphatic hydroxyl groups is 1. The molecule has 0 rings (SSSR count). The molecule has 5 heteroatoms. The number of hydrogen-bond donors (Lipinski definition) is 2. The summed E-state index contributed by atoms with van der Waals surface area (Å²) in [5, 5.41) is 8.47. The second kappa shape index (κ2) is 9.18. The van der Waals surface area contributed by atoms with Gasteiger partial charge in [0.1, 0.15) is 17.3 Å². The van der Waals surface area contributed by atoms with Crippen molar-refractivity contribution in [2.75, 3.05) is 13.2 Å². The zero-order chi connectivity index (χ0) is 12.4. The van der Waals surface area contributed by atoms with Crippen molar-refractivity contribution in [2.45, 2.75) is 38.5 Å². The monoisotopic (exact) mass is 229 g/mol. The van der Waals surface area contributed by atoms with E-state index in [0.29, 0.717) is 13.0 Å². The van der Waals surface area contributed by atoms with Gasteiger partial charge >= 0.3 is 0 Å². The Balaban J connectivity index is 3.59. The third kappa shape index (κ3) is 8.26. The van der Waals surface area contributed by atoms with Gasteiger partial charge < -0.3 is 10.8 Å². The molecule has 0 aliphatic rings. The summed E-state index contributed by atoms with van der Waals surface area (Å²) in [6.45, 7) is 0.129. The van der Waals surface area contributed by atoms with Crippen molar-refractivity contribution in [3.63, 3.8) is 0 Å². The standard InChI is InChI=1S/C11H19NO4/c12-7-5-10(15)3-1-9(14)2-4-11(16)6-8-13/h13H,1-8,12H2. The van der Waals surface area contributed by atoms with E-state index in [2.05, 4.69) is 0 Å². The Bertz CT molecular complexity index is 226. The van der Waals surface area contributed by atoms with Crippen LogP contribution in [0, 0.1) is 0 Å². The van der Waals surface area contributed by atoms with Crippen molar-refractivity contribution < 1.29 is 19.5 Å². The second-order valence-electron chi connectivity index (χ2n) is 3.63. The first-order valence-electron chi connectivity index (χ1n) is 5.46. The number of rotatable bonds is 10. The van der Waals surface area contributed by atoms with Crippen LogP contribution in [0.2, 0.25) is 0 Å². The Morgan fingerprint density at radius 2 is 1.12 bits per heavy atom. The van der Waals surface area contributed by atoms with Crippen molar-refractivity contribution in [1.82, 2.24) is 0 Å². The smallest absolute Gasteiger partial charge is 0.135 e. The number of hydrogen-bond acceptors (Lipinski definition) is 5. The van der Waals surface area contributed by atoms with Gasteiger partial charge in [-0.25, -0.2) is 0 Å². The molecule has 0 aliphatic heterocycles. The fraction of sp³-hybridized carbons (Fsp3) is 0.727. The van der Waals surface area contributed by atoms with Gasteiger partial charge in [0.05, 0.1) is 0 Å². The third-order valence-corrected chi connectivity index (χ3v) is 2.18. The molecule has 0 radical (unpaired) electrons. The van der Waals surface area contributed by atoms with E-state index in [1.165, 1.54) is 0 Å². The largest absolute Gasteiger partial charge is 0.396 e. The second-order valence-corrected chi connectivity index (χ2v) is 3.63. The first kappa shape index (κ1) is 14.9. The topological polar surface area (TPSA) is 97.5 Å². The number of ketones is 3. The van der Waals surface area contributed by atoms with Crippen LogP contribution < -0.4 is 5.73 Å². The minimum absolute atomic E-state index is 0.0162. The van der Waals surface area contributed by atoms with Crippen molar-refractivity contribution >= 4 is 17.3 Å². The predicted molar refractivity (Wildman–Crippen MR) is 58.9 cm³/mol. The average Bonchev–Trinajstić information content (AvgIpc) is 2.24. The van der Waals surface area contributed by atoms with E-state index < -0.39 is 0 Å². The number of aliphatic hydroxyl groups excluding tert-OH is 1. The highest BCUT2D eigenvalue weighted by Gasteiger charge is 2.09. The molecule has 0 spiro atoms. The lowest BCUT2D eigenvalue weighted by Gasteiger charge is -2.00. The van der Waals surface area contributed by atoms with Crippen LogP contribution in [0.5, 0.6) is 0 Å². The number of nitrogens with two attached hydrogens (primary N) is 1. The summed E-state index contributed by atoms with van der Waals surface area (Å²) < 4.78 is 0. The Kier molecular flexibility index (Phi) is 8.56. The molecule has 5 nitrogen and oxygen atoms in total. The van der Waals surface area contributed by atoms with Crippen molar-refractivity contribution in [3.05, 3.63) is 0 Å². The maximum Gasteiger partial charge on any atom is 0.135 e. The Hall–Kier alpha value is -1.07. The lowest BCUT2D eigenvalue weighted by Crippen LogP contribution is -2.10. The van der Waals surface area contributed by atoms with Crippen LogP contribution in [0.1, 0.15) is 38.5 Å². The quantitative estimate of drug-likeness (QED) is 0.549. The number of Topliss-reactive ketones (excluding diaryl/α,β-unsaturated/α-hetero) is 3. The van der Waals surface area contributed by atoms with Crippen LogP contribution in [0.15, 0.2) is 0 Å². The van der Waals surface area contributed by atoms with Gasteiger partial charge in [-0.3, -0.25) is 14.4 Å². The van der Waals surface area contributed by atoms with Gasteiger partial charge in [0, 0.05) is 45.1 Å². The highest BCUT2D eigenvalue weighted by molar-refractivity contribution is 5.89. The third-order valence-electron chi connectivity index (χ3n) is 2.18. The van der Waals surface area contributed by atoms with Crippen molar-refractivity contribution in [3.8, 4) is 0 Å². The van der Waals surface area contributed by atoms with Crippen molar-refractivity contribution in [1.29, 1.82) is 0 Å². The summed E-state index contributed by atoms with van der Waals surface area (Å²) >= 11 is 0. The fourth-order valence-electron chi connectivity index (χ4n) is 1.22. The van der Waals surface area contributed by atoms with Crippen LogP contribution in [0.25, 0.3) is 0 Å². The van der Waals surface area contributed by atoms with Gasteiger partial charge in [-0.05, 0) is 6.54 Å². The Morgan fingerprint density at radius 1 is 0.750 bits per heavy atom. The lowest BCUT2D eigenvalue weighted by atomic mass is 10.0. The van der Waals surface area contributed by atoms with Gasteiger partial charge in [0.2, 0.25) is 0 Å². The molecule has 16 heavy (non-hydrogen) atoms. The molecule has 0 saturated heterocycles. The van der Waals surface area contributed by atoms with Crippen LogP contribution in [0.3, 0.4) is 0 Å². The molecule has 0 bridgehead atoms. The molecule has 0 aromatic rings. The van der Waals surface area contributed by atoms with E-state index in [4.69, 9.17) is 10.8 Å². The van der Waals surface area contributed by atoms with E-state index in [9.17, 15) is 14.4 Å². The lowest BCUT2D eigenvalue weighted by molar-refractivity contribution is -0.126. The molecule has 0 aliphatic carbocycles. The zero-order valence-corrected chi connectivity index (χ0v) is 9.41. The summed E-state index contributed by atoms with van der Waals surface area (Å²) in [5.41, 5.74) is 5.19. The molecule has 0 atom stereocenters. The molecule has 3 N–H and O–H groups in total.